The van der Waals surface area contributed by atoms with Gasteiger partial charge in [-0.15, -0.1) is 0 Å². The lowest BCUT2D eigenvalue weighted by molar-refractivity contribution is 0.355. The van der Waals surface area contributed by atoms with Crippen LogP contribution in [0, 0.1) is 0 Å². The lowest BCUT2D eigenvalue weighted by atomic mass is 10.2. The Kier molecular flexibility index (Phi) is 3.63. The lowest BCUT2D eigenvalue weighted by Gasteiger charge is -2.21. The summed E-state index contributed by atoms with van der Waals surface area (Å²) >= 11 is 0. The summed E-state index contributed by atoms with van der Waals surface area (Å²) in [6.45, 7) is 3.03. The maximum atomic E-state index is 5.32. The summed E-state index contributed by atoms with van der Waals surface area (Å²) in [7, 11) is 5.33. The minimum atomic E-state index is 0.769. The fourth-order valence-electron chi connectivity index (χ4n) is 1.34. The molecule has 0 bridgehead atoms. The van der Waals surface area contributed by atoms with Gasteiger partial charge in [0.15, 0.2) is 11.5 Å². The van der Waals surface area contributed by atoms with Gasteiger partial charge in [-0.1, -0.05) is 6.07 Å². The molecule has 1 rings (SSSR count). The number of rotatable bonds is 4. The summed E-state index contributed by atoms with van der Waals surface area (Å²) in [5.74, 6) is 1.56. The van der Waals surface area contributed by atoms with E-state index < -0.39 is 0 Å². The van der Waals surface area contributed by atoms with Crippen molar-refractivity contribution in [2.45, 2.75) is 6.92 Å². The van der Waals surface area contributed by atoms with Crippen LogP contribution in [0.5, 0.6) is 11.5 Å². The van der Waals surface area contributed by atoms with Crippen LogP contribution in [0.15, 0.2) is 18.2 Å². The standard InChI is InChI=1S/C11H17NO2/c1-5-12(2)9-7-6-8-10(13-3)11(9)14-4/h6-8H,5H2,1-4H3. The zero-order valence-corrected chi connectivity index (χ0v) is 9.20. The Bertz CT molecular complexity index is 299. The van der Waals surface area contributed by atoms with E-state index in [1.807, 2.05) is 25.2 Å². The molecule has 78 valence electrons. The van der Waals surface area contributed by atoms with Crippen molar-refractivity contribution in [2.24, 2.45) is 0 Å². The second kappa shape index (κ2) is 4.74. The van der Waals surface area contributed by atoms with Gasteiger partial charge in [-0.25, -0.2) is 0 Å². The molecule has 0 saturated heterocycles. The number of anilines is 1. The number of nitrogens with zero attached hydrogens (tertiary/aromatic N) is 1. The van der Waals surface area contributed by atoms with Crippen molar-refractivity contribution in [1.29, 1.82) is 0 Å². The zero-order chi connectivity index (χ0) is 10.6. The molecule has 0 saturated carbocycles. The first kappa shape index (κ1) is 10.7. The van der Waals surface area contributed by atoms with Crippen LogP contribution in [0.2, 0.25) is 0 Å². The van der Waals surface area contributed by atoms with E-state index in [9.17, 15) is 0 Å². The molecule has 0 aliphatic heterocycles. The van der Waals surface area contributed by atoms with Crippen LogP contribution in [0.1, 0.15) is 6.92 Å². The van der Waals surface area contributed by atoms with Crippen molar-refractivity contribution in [3.05, 3.63) is 18.2 Å². The van der Waals surface area contributed by atoms with Crippen LogP contribution >= 0.6 is 0 Å². The van der Waals surface area contributed by atoms with Crippen LogP contribution in [0.25, 0.3) is 0 Å². The number of hydrogen-bond donors (Lipinski definition) is 0. The van der Waals surface area contributed by atoms with Gasteiger partial charge < -0.3 is 14.4 Å². The predicted molar refractivity (Wildman–Crippen MR) is 58.5 cm³/mol. The molecule has 14 heavy (non-hydrogen) atoms. The van der Waals surface area contributed by atoms with E-state index in [1.165, 1.54) is 0 Å². The van der Waals surface area contributed by atoms with Gasteiger partial charge in [0.1, 0.15) is 0 Å². The molecule has 0 fully saturated rings. The van der Waals surface area contributed by atoms with Crippen molar-refractivity contribution >= 4 is 5.69 Å². The third-order valence-corrected chi connectivity index (χ3v) is 2.27. The topological polar surface area (TPSA) is 21.7 Å². The van der Waals surface area contributed by atoms with Gasteiger partial charge in [-0.05, 0) is 19.1 Å². The van der Waals surface area contributed by atoms with Gasteiger partial charge in [0, 0.05) is 13.6 Å². The molecule has 0 spiro atoms. The first-order valence-corrected chi connectivity index (χ1v) is 4.66. The van der Waals surface area contributed by atoms with Crippen LogP contribution < -0.4 is 14.4 Å². The van der Waals surface area contributed by atoms with Crippen molar-refractivity contribution in [1.82, 2.24) is 0 Å². The van der Waals surface area contributed by atoms with E-state index in [4.69, 9.17) is 9.47 Å². The fourth-order valence-corrected chi connectivity index (χ4v) is 1.34. The SMILES string of the molecule is CCN(C)c1cccc(OC)c1OC. The Morgan fingerprint density at radius 1 is 1.21 bits per heavy atom. The summed E-state index contributed by atoms with van der Waals surface area (Å²) < 4.78 is 10.5. The second-order valence-electron chi connectivity index (χ2n) is 3.03. The molecule has 0 aromatic heterocycles. The number of benzene rings is 1. The van der Waals surface area contributed by atoms with E-state index in [2.05, 4.69) is 11.8 Å². The first-order chi connectivity index (χ1) is 6.74. The van der Waals surface area contributed by atoms with E-state index >= 15 is 0 Å². The van der Waals surface area contributed by atoms with Crippen LogP contribution in [0.4, 0.5) is 5.69 Å². The molecule has 3 nitrogen and oxygen atoms in total. The Labute approximate surface area is 85.2 Å². The largest absolute Gasteiger partial charge is 0.493 e. The molecule has 1 aromatic rings. The minimum Gasteiger partial charge on any atom is -0.493 e. The Morgan fingerprint density at radius 3 is 2.43 bits per heavy atom. The monoisotopic (exact) mass is 195 g/mol. The normalized spacial score (nSPS) is 9.71. The summed E-state index contributed by atoms with van der Waals surface area (Å²) in [4.78, 5) is 2.11. The van der Waals surface area contributed by atoms with Gasteiger partial charge >= 0.3 is 0 Å². The number of methoxy groups -OCH3 is 2. The van der Waals surface area contributed by atoms with Gasteiger partial charge in [0.05, 0.1) is 19.9 Å². The second-order valence-corrected chi connectivity index (χ2v) is 3.03. The highest BCUT2D eigenvalue weighted by Gasteiger charge is 2.11. The molecular weight excluding hydrogens is 178 g/mol. The molecule has 0 aliphatic rings. The quantitative estimate of drug-likeness (QED) is 0.735. The molecule has 3 heteroatoms. The third kappa shape index (κ3) is 1.92. The predicted octanol–water partition coefficient (Wildman–Crippen LogP) is 2.16. The van der Waals surface area contributed by atoms with Crippen LogP contribution in [0.3, 0.4) is 0 Å². The van der Waals surface area contributed by atoms with Gasteiger partial charge in [0.2, 0.25) is 0 Å². The number of hydrogen-bond acceptors (Lipinski definition) is 3. The Morgan fingerprint density at radius 2 is 1.93 bits per heavy atom. The van der Waals surface area contributed by atoms with E-state index in [0.29, 0.717) is 0 Å². The summed E-state index contributed by atoms with van der Waals surface area (Å²) in [6, 6.07) is 5.87. The van der Waals surface area contributed by atoms with Crippen LogP contribution in [-0.2, 0) is 0 Å². The smallest absolute Gasteiger partial charge is 0.184 e. The van der Waals surface area contributed by atoms with Crippen molar-refractivity contribution < 1.29 is 9.47 Å². The summed E-state index contributed by atoms with van der Waals surface area (Å²) in [6.07, 6.45) is 0. The average molecular weight is 195 g/mol. The Balaban J connectivity index is 3.14. The van der Waals surface area contributed by atoms with Gasteiger partial charge in [-0.2, -0.15) is 0 Å². The minimum absolute atomic E-state index is 0.769. The fraction of sp³-hybridized carbons (Fsp3) is 0.455. The number of ether oxygens (including phenoxy) is 2. The molecule has 0 N–H and O–H groups in total. The Hall–Kier alpha value is -1.38. The van der Waals surface area contributed by atoms with Crippen molar-refractivity contribution in [2.75, 3.05) is 32.7 Å². The molecule has 0 heterocycles. The van der Waals surface area contributed by atoms with Crippen molar-refractivity contribution in [3.8, 4) is 11.5 Å². The van der Waals surface area contributed by atoms with E-state index in [-0.39, 0.29) is 0 Å². The van der Waals surface area contributed by atoms with Gasteiger partial charge in [-0.3, -0.25) is 0 Å². The summed E-state index contributed by atoms with van der Waals surface area (Å²) in [5, 5.41) is 0. The summed E-state index contributed by atoms with van der Waals surface area (Å²) in [5.41, 5.74) is 1.05. The first-order valence-electron chi connectivity index (χ1n) is 4.66. The molecule has 0 unspecified atom stereocenters. The van der Waals surface area contributed by atoms with E-state index in [0.717, 1.165) is 23.7 Å². The zero-order valence-electron chi connectivity index (χ0n) is 9.20. The molecule has 0 amide bonds. The number of para-hydroxylation sites is 1. The molecule has 0 aliphatic carbocycles. The highest BCUT2D eigenvalue weighted by molar-refractivity contribution is 5.64. The molecule has 1 aromatic carbocycles. The van der Waals surface area contributed by atoms with Gasteiger partial charge in [0.25, 0.3) is 0 Å². The van der Waals surface area contributed by atoms with Crippen LogP contribution in [-0.4, -0.2) is 27.8 Å². The lowest BCUT2D eigenvalue weighted by Crippen LogP contribution is -2.16. The molecule has 0 radical (unpaired) electrons. The highest BCUT2D eigenvalue weighted by Crippen LogP contribution is 2.36. The maximum absolute atomic E-state index is 5.32. The third-order valence-electron chi connectivity index (χ3n) is 2.27. The average Bonchev–Trinajstić information content (AvgIpc) is 2.26. The maximum Gasteiger partial charge on any atom is 0.184 e. The highest BCUT2D eigenvalue weighted by atomic mass is 16.5. The molecular formula is C11H17NO2. The molecule has 0 atom stereocenters. The van der Waals surface area contributed by atoms with Crippen molar-refractivity contribution in [3.63, 3.8) is 0 Å². The van der Waals surface area contributed by atoms with E-state index in [1.54, 1.807) is 14.2 Å².